The first-order valence-electron chi connectivity index (χ1n) is 19.9. The van der Waals surface area contributed by atoms with Crippen LogP contribution in [0.1, 0.15) is 129 Å². The van der Waals surface area contributed by atoms with Crippen molar-refractivity contribution in [3.63, 3.8) is 0 Å². The molecule has 0 radical (unpaired) electrons. The molecule has 8 bridgehead atoms. The third-order valence-corrected chi connectivity index (χ3v) is 12.0. The van der Waals surface area contributed by atoms with Gasteiger partial charge in [-0.25, -0.2) is 9.97 Å². The summed E-state index contributed by atoms with van der Waals surface area (Å²) in [5.74, 6) is -3.02. The number of carbonyl (C=O) groups excluding carboxylic acids is 2. The van der Waals surface area contributed by atoms with Crippen LogP contribution < -0.4 is 11.1 Å². The number of allylic oxidation sites excluding steroid dienone is 5. The number of ketones is 1. The fourth-order valence-electron chi connectivity index (χ4n) is 7.74. The summed E-state index contributed by atoms with van der Waals surface area (Å²) in [7, 11) is 0. The Labute approximate surface area is 339 Å². The molecule has 5 heterocycles. The second-order valence-corrected chi connectivity index (χ2v) is 15.5. The predicted molar refractivity (Wildman–Crippen MR) is 232 cm³/mol. The number of carbonyl (C=O) groups is 4. The summed E-state index contributed by atoms with van der Waals surface area (Å²) in [5.41, 5.74) is 17.2. The Morgan fingerprint density at radius 2 is 1.40 bits per heavy atom. The van der Waals surface area contributed by atoms with E-state index >= 15 is 4.79 Å². The van der Waals surface area contributed by atoms with Gasteiger partial charge in [-0.3, -0.25) is 19.2 Å². The highest BCUT2D eigenvalue weighted by Crippen LogP contribution is 2.39. The SMILES string of the molecule is C=CC1=C(C)c2nc1cc1[nH]c(cc3nc(cc4[nH]c(c(C=C)c4C)c2C(=O)[C@@H](NC(=O)[C@@H](N)[C@@H](C)CC)[C@@H](C)CC)C(C)=C3CCC(=O)O)c(CCC(=O)O)c1C. The van der Waals surface area contributed by atoms with Crippen molar-refractivity contribution < 1.29 is 29.4 Å². The lowest BCUT2D eigenvalue weighted by molar-refractivity contribution is -0.137. The number of hydrogen-bond donors (Lipinski definition) is 6. The van der Waals surface area contributed by atoms with Crippen LogP contribution in [0.2, 0.25) is 0 Å². The molecule has 3 aromatic heterocycles. The minimum Gasteiger partial charge on any atom is -0.481 e. The number of rotatable bonds is 16. The Morgan fingerprint density at radius 3 is 2.00 bits per heavy atom. The van der Waals surface area contributed by atoms with Gasteiger partial charge < -0.3 is 31.2 Å². The van der Waals surface area contributed by atoms with Crippen molar-refractivity contribution in [2.75, 3.05) is 0 Å². The molecule has 0 saturated carbocycles. The zero-order chi connectivity index (χ0) is 42.7. The number of carboxylic acid groups (broad SMARTS) is 2. The van der Waals surface area contributed by atoms with Gasteiger partial charge in [0.15, 0.2) is 5.78 Å². The highest BCUT2D eigenvalue weighted by Gasteiger charge is 2.34. The summed E-state index contributed by atoms with van der Waals surface area (Å²) in [5, 5.41) is 22.4. The van der Waals surface area contributed by atoms with Crippen molar-refractivity contribution in [3.05, 3.63) is 88.0 Å². The maximum Gasteiger partial charge on any atom is 0.303 e. The number of aromatic nitrogens is 4. The Hall–Kier alpha value is -5.88. The largest absolute Gasteiger partial charge is 0.481 e. The quantitative estimate of drug-likeness (QED) is 0.0768. The van der Waals surface area contributed by atoms with Gasteiger partial charge in [0.2, 0.25) is 5.91 Å². The van der Waals surface area contributed by atoms with Crippen molar-refractivity contribution in [2.45, 2.75) is 106 Å². The Kier molecular flexibility index (Phi) is 13.2. The number of Topliss-reactive ketones (excluding diaryl/α,β-unsaturated/α-hetero) is 1. The van der Waals surface area contributed by atoms with Gasteiger partial charge in [0.25, 0.3) is 0 Å². The molecular formula is C46H56N6O6. The maximum atomic E-state index is 15.4. The van der Waals surface area contributed by atoms with Crippen LogP contribution in [-0.2, 0) is 20.8 Å². The first-order valence-corrected chi connectivity index (χ1v) is 19.9. The van der Waals surface area contributed by atoms with Gasteiger partial charge >= 0.3 is 11.9 Å². The number of nitrogens with one attached hydrogen (secondary N) is 3. The number of fused-ring (bicyclic) bond motifs is 8. The molecule has 0 aliphatic carbocycles. The zero-order valence-electron chi connectivity index (χ0n) is 34.9. The van der Waals surface area contributed by atoms with Gasteiger partial charge in [-0.1, -0.05) is 65.8 Å². The van der Waals surface area contributed by atoms with E-state index in [1.165, 1.54) is 0 Å². The van der Waals surface area contributed by atoms with Crippen molar-refractivity contribution in [1.29, 1.82) is 0 Å². The van der Waals surface area contributed by atoms with E-state index in [0.717, 1.165) is 27.8 Å². The molecule has 0 spiro atoms. The first-order chi connectivity index (χ1) is 27.5. The highest BCUT2D eigenvalue weighted by atomic mass is 16.4. The highest BCUT2D eigenvalue weighted by molar-refractivity contribution is 6.14. The van der Waals surface area contributed by atoms with E-state index in [9.17, 15) is 24.6 Å². The summed E-state index contributed by atoms with van der Waals surface area (Å²) in [4.78, 5) is 69.8. The minimum absolute atomic E-state index is 0.107. The minimum atomic E-state index is -0.948. The molecule has 0 aromatic carbocycles. The molecule has 7 N–H and O–H groups in total. The number of aryl methyl sites for hydroxylation is 3. The molecule has 0 unspecified atom stereocenters. The van der Waals surface area contributed by atoms with Crippen molar-refractivity contribution in [3.8, 4) is 0 Å². The number of nitrogens with zero attached hydrogens (tertiary/aromatic N) is 2. The van der Waals surface area contributed by atoms with Crippen LogP contribution >= 0.6 is 0 Å². The van der Waals surface area contributed by atoms with Gasteiger partial charge in [-0.2, -0.15) is 0 Å². The van der Waals surface area contributed by atoms with E-state index < -0.39 is 29.9 Å². The monoisotopic (exact) mass is 788 g/mol. The van der Waals surface area contributed by atoms with Crippen LogP contribution in [0.15, 0.2) is 37.4 Å². The predicted octanol–water partition coefficient (Wildman–Crippen LogP) is 8.59. The summed E-state index contributed by atoms with van der Waals surface area (Å²) in [6.07, 6.45) is 4.92. The number of aromatic amines is 2. The molecule has 306 valence electrons. The van der Waals surface area contributed by atoms with Gasteiger partial charge in [-0.05, 0) is 104 Å². The van der Waals surface area contributed by atoms with Crippen LogP contribution in [0.3, 0.4) is 0 Å². The summed E-state index contributed by atoms with van der Waals surface area (Å²) >= 11 is 0. The molecule has 0 fully saturated rings. The maximum absolute atomic E-state index is 15.4. The number of hydrogen-bond acceptors (Lipinski definition) is 7. The molecule has 4 atom stereocenters. The number of amides is 1. The van der Waals surface area contributed by atoms with E-state index in [1.807, 2.05) is 73.6 Å². The van der Waals surface area contributed by atoms with Crippen molar-refractivity contribution >= 4 is 74.1 Å². The lowest BCUT2D eigenvalue weighted by Crippen LogP contribution is -2.52. The molecule has 5 rings (SSSR count). The Morgan fingerprint density at radius 1 is 0.793 bits per heavy atom. The Bertz CT molecular complexity index is 2450. The molecule has 12 nitrogen and oxygen atoms in total. The average Bonchev–Trinajstić information content (AvgIpc) is 3.86. The number of H-pyrrole nitrogens is 2. The fourth-order valence-corrected chi connectivity index (χ4v) is 7.74. The zero-order valence-corrected chi connectivity index (χ0v) is 34.9. The number of carboxylic acids is 2. The number of aliphatic carboxylic acids is 2. The van der Waals surface area contributed by atoms with Crippen molar-refractivity contribution in [1.82, 2.24) is 25.3 Å². The molecular weight excluding hydrogens is 733 g/mol. The normalized spacial score (nSPS) is 14.8. The summed E-state index contributed by atoms with van der Waals surface area (Å²) < 4.78 is 0. The van der Waals surface area contributed by atoms with E-state index in [4.69, 9.17) is 15.7 Å². The molecule has 3 aromatic rings. The average molecular weight is 789 g/mol. The van der Waals surface area contributed by atoms with Gasteiger partial charge in [0, 0.05) is 40.5 Å². The molecule has 12 heteroatoms. The number of nitrogens with two attached hydrogens (primary N) is 1. The molecule has 1 amide bonds. The van der Waals surface area contributed by atoms with E-state index in [1.54, 1.807) is 12.2 Å². The fraction of sp³-hybridized carbons (Fsp3) is 0.391. The van der Waals surface area contributed by atoms with E-state index in [2.05, 4.69) is 28.4 Å². The van der Waals surface area contributed by atoms with Gasteiger partial charge in [0.05, 0.1) is 45.9 Å². The van der Waals surface area contributed by atoms with Crippen LogP contribution in [0.25, 0.3) is 50.4 Å². The van der Waals surface area contributed by atoms with E-state index in [-0.39, 0.29) is 48.9 Å². The second kappa shape index (κ2) is 17.7. The molecule has 0 saturated heterocycles. The van der Waals surface area contributed by atoms with Crippen molar-refractivity contribution in [2.24, 2.45) is 17.6 Å². The van der Waals surface area contributed by atoms with Crippen LogP contribution in [0.4, 0.5) is 0 Å². The third kappa shape index (κ3) is 8.38. The van der Waals surface area contributed by atoms with Gasteiger partial charge in [0.1, 0.15) is 0 Å². The topological polar surface area (TPSA) is 204 Å². The molecule has 2 aliphatic rings. The smallest absolute Gasteiger partial charge is 0.303 e. The molecule has 58 heavy (non-hydrogen) atoms. The van der Waals surface area contributed by atoms with E-state index in [0.29, 0.717) is 74.4 Å². The second-order valence-electron chi connectivity index (χ2n) is 15.5. The standard InChI is InChI=1S/C46H56N6O6/c1-11-22(5)41(47)46(58)52-42(23(6)12-2)45(57)40-43-27(10)28(13-3)35(51-43)20-33-26(9)31(16-18-39(55)56)37(49-33)21-36-30(15-17-38(53)54)25(8)32(48-36)19-34-24(7)29(14-4)44(40)50-34/h13-14,19-23,41-42,49-50H,3-4,11-12,15-18,47H2,1-2,5-10H3,(H,52,58)(H,53,54)(H,55,56)/t22-,23-,41-,42-/m0/s1. The Balaban J connectivity index is 1.99. The third-order valence-electron chi connectivity index (χ3n) is 12.0. The van der Waals surface area contributed by atoms with Crippen LogP contribution in [0, 0.1) is 25.7 Å². The first kappa shape index (κ1) is 43.2. The van der Waals surface area contributed by atoms with Crippen LogP contribution in [0.5, 0.6) is 0 Å². The molecule has 2 aliphatic heterocycles. The lowest BCUT2D eigenvalue weighted by atomic mass is 9.88. The van der Waals surface area contributed by atoms with Crippen LogP contribution in [-0.4, -0.2) is 65.9 Å². The summed E-state index contributed by atoms with van der Waals surface area (Å²) in [6.45, 7) is 23.6. The lowest BCUT2D eigenvalue weighted by Gasteiger charge is -2.27. The van der Waals surface area contributed by atoms with Gasteiger partial charge in [-0.15, -0.1) is 0 Å². The summed E-state index contributed by atoms with van der Waals surface area (Å²) in [6, 6.07) is 3.85.